The number of nitrogens with zero attached hydrogens (tertiary/aromatic N) is 1. The molecule has 3 rings (SSSR count). The highest BCUT2D eigenvalue weighted by atomic mass is 19.1. The highest BCUT2D eigenvalue weighted by Gasteiger charge is 2.14. The molecule has 2 aromatic carbocycles. The van der Waals surface area contributed by atoms with Crippen LogP contribution >= 0.6 is 0 Å². The fraction of sp³-hybridized carbons (Fsp3) is 0.400. The van der Waals surface area contributed by atoms with E-state index < -0.39 is 0 Å². The van der Waals surface area contributed by atoms with Gasteiger partial charge < -0.3 is 10.4 Å². The molecule has 24 heavy (non-hydrogen) atoms. The van der Waals surface area contributed by atoms with Gasteiger partial charge in [-0.05, 0) is 67.9 Å². The highest BCUT2D eigenvalue weighted by molar-refractivity contribution is 5.66. The van der Waals surface area contributed by atoms with E-state index in [1.54, 1.807) is 6.07 Å². The van der Waals surface area contributed by atoms with E-state index in [0.29, 0.717) is 5.56 Å². The van der Waals surface area contributed by atoms with Crippen molar-refractivity contribution in [2.75, 3.05) is 26.7 Å². The first-order chi connectivity index (χ1) is 11.7. The molecule has 1 saturated heterocycles. The van der Waals surface area contributed by atoms with Crippen molar-refractivity contribution in [1.82, 2.24) is 10.2 Å². The number of likely N-dealkylation sites (tertiary alicyclic amines) is 1. The summed E-state index contributed by atoms with van der Waals surface area (Å²) < 4.78 is 14.4. The normalized spacial score (nSPS) is 16.5. The molecule has 1 heterocycles. The fourth-order valence-electron chi connectivity index (χ4n) is 3.38. The summed E-state index contributed by atoms with van der Waals surface area (Å²) in [7, 11) is 1.81. The molecule has 1 aliphatic rings. The van der Waals surface area contributed by atoms with Gasteiger partial charge in [-0.25, -0.2) is 4.39 Å². The second-order valence-corrected chi connectivity index (χ2v) is 6.45. The monoisotopic (exact) mass is 328 g/mol. The molecule has 1 fully saturated rings. The smallest absolute Gasteiger partial charge is 0.131 e. The second kappa shape index (κ2) is 7.88. The van der Waals surface area contributed by atoms with E-state index in [-0.39, 0.29) is 18.5 Å². The van der Waals surface area contributed by atoms with Gasteiger partial charge in [0.05, 0.1) is 12.6 Å². The third kappa shape index (κ3) is 3.83. The van der Waals surface area contributed by atoms with E-state index in [4.69, 9.17) is 0 Å². The molecule has 0 bridgehead atoms. The van der Waals surface area contributed by atoms with Crippen LogP contribution in [0.1, 0.15) is 30.0 Å². The van der Waals surface area contributed by atoms with Crippen molar-refractivity contribution in [2.24, 2.45) is 0 Å². The standard InChI is InChI=1S/C20H25FN2O/c1-22-20(14-24)17-6-4-5-16(12-17)18-11-15(7-8-19(18)21)13-23-9-2-3-10-23/h4-8,11-12,20,22,24H,2-3,9-10,13-14H2,1H3. The van der Waals surface area contributed by atoms with Crippen molar-refractivity contribution in [1.29, 1.82) is 0 Å². The van der Waals surface area contributed by atoms with Crippen LogP contribution in [0.15, 0.2) is 42.5 Å². The third-order valence-electron chi connectivity index (χ3n) is 4.77. The Morgan fingerprint density at radius 3 is 2.67 bits per heavy atom. The molecule has 0 radical (unpaired) electrons. The predicted octanol–water partition coefficient (Wildman–Crippen LogP) is 3.34. The largest absolute Gasteiger partial charge is 0.394 e. The van der Waals surface area contributed by atoms with Gasteiger partial charge in [0, 0.05) is 12.1 Å². The average Bonchev–Trinajstić information content (AvgIpc) is 3.11. The summed E-state index contributed by atoms with van der Waals surface area (Å²) in [6, 6.07) is 13.0. The molecular weight excluding hydrogens is 303 g/mol. The van der Waals surface area contributed by atoms with Gasteiger partial charge in [-0.2, -0.15) is 0 Å². The SMILES string of the molecule is CNC(CO)c1cccc(-c2cc(CN3CCCC3)ccc2F)c1. The molecule has 1 atom stereocenters. The van der Waals surface area contributed by atoms with E-state index >= 15 is 0 Å². The van der Waals surface area contributed by atoms with Gasteiger partial charge >= 0.3 is 0 Å². The van der Waals surface area contributed by atoms with Crippen LogP contribution in [0.5, 0.6) is 0 Å². The van der Waals surface area contributed by atoms with Gasteiger partial charge in [-0.1, -0.05) is 24.3 Å². The minimum absolute atomic E-state index is 0.0113. The van der Waals surface area contributed by atoms with Crippen LogP contribution in [0.25, 0.3) is 11.1 Å². The van der Waals surface area contributed by atoms with Crippen LogP contribution in [0.4, 0.5) is 4.39 Å². The van der Waals surface area contributed by atoms with Gasteiger partial charge in [0.1, 0.15) is 5.82 Å². The van der Waals surface area contributed by atoms with Crippen LogP contribution in [0, 0.1) is 5.82 Å². The molecule has 0 aliphatic carbocycles. The van der Waals surface area contributed by atoms with Crippen molar-refractivity contribution >= 4 is 0 Å². The van der Waals surface area contributed by atoms with Gasteiger partial charge in [0.15, 0.2) is 0 Å². The maximum absolute atomic E-state index is 14.4. The summed E-state index contributed by atoms with van der Waals surface area (Å²) in [5.41, 5.74) is 3.58. The topological polar surface area (TPSA) is 35.5 Å². The van der Waals surface area contributed by atoms with Crippen LogP contribution < -0.4 is 5.32 Å². The Hall–Kier alpha value is -1.75. The Kier molecular flexibility index (Phi) is 5.61. The first-order valence-electron chi connectivity index (χ1n) is 8.60. The number of halogens is 1. The number of likely N-dealkylation sites (N-methyl/N-ethyl adjacent to an activating group) is 1. The van der Waals surface area contributed by atoms with Crippen LogP contribution in [-0.2, 0) is 6.54 Å². The lowest BCUT2D eigenvalue weighted by Gasteiger charge is -2.17. The van der Waals surface area contributed by atoms with Crippen molar-refractivity contribution in [2.45, 2.75) is 25.4 Å². The zero-order valence-corrected chi connectivity index (χ0v) is 14.1. The van der Waals surface area contributed by atoms with Crippen molar-refractivity contribution in [3.8, 4) is 11.1 Å². The molecule has 3 nitrogen and oxygen atoms in total. The number of nitrogens with one attached hydrogen (secondary N) is 1. The van der Waals surface area contributed by atoms with Crippen LogP contribution in [-0.4, -0.2) is 36.8 Å². The molecule has 0 aromatic heterocycles. The van der Waals surface area contributed by atoms with Crippen LogP contribution in [0.2, 0.25) is 0 Å². The molecule has 1 unspecified atom stereocenters. The summed E-state index contributed by atoms with van der Waals surface area (Å²) in [6.45, 7) is 3.14. The van der Waals surface area contributed by atoms with Crippen molar-refractivity contribution in [3.05, 3.63) is 59.4 Å². The average molecular weight is 328 g/mol. The lowest BCUT2D eigenvalue weighted by molar-refractivity contribution is 0.251. The van der Waals surface area contributed by atoms with Crippen LogP contribution in [0.3, 0.4) is 0 Å². The Morgan fingerprint density at radius 1 is 1.17 bits per heavy atom. The first kappa shape index (κ1) is 17.1. The number of rotatable bonds is 6. The maximum Gasteiger partial charge on any atom is 0.131 e. The molecule has 128 valence electrons. The predicted molar refractivity (Wildman–Crippen MR) is 95.2 cm³/mol. The second-order valence-electron chi connectivity index (χ2n) is 6.45. The number of aliphatic hydroxyl groups is 1. The van der Waals surface area contributed by atoms with E-state index in [0.717, 1.165) is 36.3 Å². The molecule has 2 N–H and O–H groups in total. The van der Waals surface area contributed by atoms with Gasteiger partial charge in [0.25, 0.3) is 0 Å². The van der Waals surface area contributed by atoms with E-state index in [9.17, 15) is 9.50 Å². The Labute approximate surface area is 143 Å². The van der Waals surface area contributed by atoms with Crippen molar-refractivity contribution in [3.63, 3.8) is 0 Å². The van der Waals surface area contributed by atoms with Gasteiger partial charge in [0.2, 0.25) is 0 Å². The number of hydrogen-bond acceptors (Lipinski definition) is 3. The molecule has 0 amide bonds. The number of benzene rings is 2. The minimum atomic E-state index is -0.206. The maximum atomic E-state index is 14.4. The third-order valence-corrected chi connectivity index (χ3v) is 4.77. The Balaban J connectivity index is 1.89. The summed E-state index contributed by atoms with van der Waals surface area (Å²) in [6.07, 6.45) is 2.51. The Morgan fingerprint density at radius 2 is 1.96 bits per heavy atom. The summed E-state index contributed by atoms with van der Waals surface area (Å²) in [5, 5.41) is 12.5. The molecule has 2 aromatic rings. The quantitative estimate of drug-likeness (QED) is 0.854. The van der Waals surface area contributed by atoms with Gasteiger partial charge in [-0.15, -0.1) is 0 Å². The van der Waals surface area contributed by atoms with Crippen molar-refractivity contribution < 1.29 is 9.50 Å². The summed E-state index contributed by atoms with van der Waals surface area (Å²) in [4.78, 5) is 2.41. The molecular formula is C20H25FN2O. The molecule has 4 heteroatoms. The summed E-state index contributed by atoms with van der Waals surface area (Å²) in [5.74, 6) is -0.206. The van der Waals surface area contributed by atoms with E-state index in [2.05, 4.69) is 10.2 Å². The minimum Gasteiger partial charge on any atom is -0.394 e. The first-order valence-corrected chi connectivity index (χ1v) is 8.60. The highest BCUT2D eigenvalue weighted by Crippen LogP contribution is 2.27. The molecule has 0 spiro atoms. The van der Waals surface area contributed by atoms with E-state index in [1.807, 2.05) is 43.4 Å². The lowest BCUT2D eigenvalue weighted by Crippen LogP contribution is -2.19. The number of aliphatic hydroxyl groups excluding tert-OH is 1. The zero-order chi connectivity index (χ0) is 16.9. The Bertz CT molecular complexity index is 679. The van der Waals surface area contributed by atoms with E-state index in [1.165, 1.54) is 12.8 Å². The number of hydrogen-bond donors (Lipinski definition) is 2. The summed E-state index contributed by atoms with van der Waals surface area (Å²) >= 11 is 0. The molecule has 0 saturated carbocycles. The lowest BCUT2D eigenvalue weighted by atomic mass is 9.98. The fourth-order valence-corrected chi connectivity index (χ4v) is 3.38. The molecule has 1 aliphatic heterocycles. The zero-order valence-electron chi connectivity index (χ0n) is 14.1. The van der Waals surface area contributed by atoms with Gasteiger partial charge in [-0.3, -0.25) is 4.90 Å².